The molecule has 1 aliphatic carbocycles. The maximum atomic E-state index is 9.63. The van der Waals surface area contributed by atoms with Crippen LogP contribution in [0.2, 0.25) is 0 Å². The first-order chi connectivity index (χ1) is 8.08. The minimum atomic E-state index is 0.314. The number of aryl methyl sites for hydroxylation is 1. The second kappa shape index (κ2) is 4.50. The number of aromatic hydroxyl groups is 1. The third kappa shape index (κ3) is 2.41. The standard InChI is InChI=1S/C15H16O2/c1-10-8-12(4-3-5-14(10)16)13-6-7-15(17)11(2)9-13/h3,5-9,16-17H,4H2,1-2H3. The van der Waals surface area contributed by atoms with Crippen LogP contribution in [0.4, 0.5) is 0 Å². The molecule has 0 aliphatic heterocycles. The number of phenols is 1. The van der Waals surface area contributed by atoms with Crippen LogP contribution < -0.4 is 0 Å². The number of hydrogen-bond donors (Lipinski definition) is 2. The number of aliphatic hydroxyl groups is 1. The molecule has 2 rings (SSSR count). The smallest absolute Gasteiger partial charge is 0.118 e. The van der Waals surface area contributed by atoms with Gasteiger partial charge in [0.05, 0.1) is 0 Å². The van der Waals surface area contributed by atoms with Gasteiger partial charge in [-0.25, -0.2) is 0 Å². The molecule has 2 nitrogen and oxygen atoms in total. The van der Waals surface area contributed by atoms with Gasteiger partial charge in [-0.2, -0.15) is 0 Å². The summed E-state index contributed by atoms with van der Waals surface area (Å²) in [6.45, 7) is 3.77. The molecule has 1 aromatic rings. The number of benzene rings is 1. The molecule has 0 saturated heterocycles. The fraction of sp³-hybridized carbons (Fsp3) is 0.200. The molecule has 0 spiro atoms. The molecule has 17 heavy (non-hydrogen) atoms. The number of hydrogen-bond acceptors (Lipinski definition) is 2. The molecule has 0 unspecified atom stereocenters. The van der Waals surface area contributed by atoms with Gasteiger partial charge in [-0.05, 0) is 60.8 Å². The first-order valence-corrected chi connectivity index (χ1v) is 5.65. The first kappa shape index (κ1) is 11.5. The lowest BCUT2D eigenvalue weighted by Gasteiger charge is -2.07. The van der Waals surface area contributed by atoms with Crippen LogP contribution in [-0.2, 0) is 0 Å². The number of allylic oxidation sites excluding steroid dienone is 5. The Labute approximate surface area is 101 Å². The van der Waals surface area contributed by atoms with Crippen molar-refractivity contribution in [2.24, 2.45) is 0 Å². The molecule has 0 saturated carbocycles. The van der Waals surface area contributed by atoms with E-state index >= 15 is 0 Å². The second-order valence-corrected chi connectivity index (χ2v) is 4.35. The van der Waals surface area contributed by atoms with Gasteiger partial charge in [-0.1, -0.05) is 18.2 Å². The topological polar surface area (TPSA) is 40.5 Å². The van der Waals surface area contributed by atoms with Gasteiger partial charge in [0.1, 0.15) is 11.5 Å². The van der Waals surface area contributed by atoms with Crippen LogP contribution in [0, 0.1) is 6.92 Å². The van der Waals surface area contributed by atoms with Crippen LogP contribution in [0.15, 0.2) is 47.8 Å². The van der Waals surface area contributed by atoms with Crippen LogP contribution in [0.1, 0.15) is 24.5 Å². The monoisotopic (exact) mass is 228 g/mol. The van der Waals surface area contributed by atoms with Gasteiger partial charge in [-0.3, -0.25) is 0 Å². The van der Waals surface area contributed by atoms with Crippen LogP contribution in [-0.4, -0.2) is 10.2 Å². The SMILES string of the molecule is CC1=C(O)C=CCC(c2ccc(O)c(C)c2)=C1. The van der Waals surface area contributed by atoms with Crippen LogP contribution in [0.5, 0.6) is 5.75 Å². The minimum absolute atomic E-state index is 0.314. The highest BCUT2D eigenvalue weighted by atomic mass is 16.3. The normalized spacial score (nSPS) is 15.8. The average Bonchev–Trinajstić information content (AvgIpc) is 2.46. The van der Waals surface area contributed by atoms with Crippen molar-refractivity contribution in [2.75, 3.05) is 0 Å². The highest BCUT2D eigenvalue weighted by Gasteiger charge is 2.07. The van der Waals surface area contributed by atoms with Crippen LogP contribution >= 0.6 is 0 Å². The van der Waals surface area contributed by atoms with Gasteiger partial charge in [0.15, 0.2) is 0 Å². The van der Waals surface area contributed by atoms with Gasteiger partial charge in [0, 0.05) is 0 Å². The second-order valence-electron chi connectivity index (χ2n) is 4.35. The minimum Gasteiger partial charge on any atom is -0.508 e. The quantitative estimate of drug-likeness (QED) is 0.765. The summed E-state index contributed by atoms with van der Waals surface area (Å²) < 4.78 is 0. The number of aliphatic hydroxyl groups excluding tert-OH is 1. The first-order valence-electron chi connectivity index (χ1n) is 5.65. The average molecular weight is 228 g/mol. The Hall–Kier alpha value is -1.96. The summed E-state index contributed by atoms with van der Waals surface area (Å²) in [6, 6.07) is 5.57. The van der Waals surface area contributed by atoms with Gasteiger partial charge < -0.3 is 10.2 Å². The molecular weight excluding hydrogens is 212 g/mol. The molecule has 2 heteroatoms. The Morgan fingerprint density at radius 1 is 1.12 bits per heavy atom. The van der Waals surface area contributed by atoms with E-state index in [0.29, 0.717) is 11.5 Å². The lowest BCUT2D eigenvalue weighted by atomic mass is 9.99. The zero-order valence-corrected chi connectivity index (χ0v) is 10.1. The van der Waals surface area contributed by atoms with Crippen molar-refractivity contribution in [3.63, 3.8) is 0 Å². The summed E-state index contributed by atoms with van der Waals surface area (Å²) in [5, 5.41) is 19.1. The zero-order valence-electron chi connectivity index (χ0n) is 10.1. The highest BCUT2D eigenvalue weighted by Crippen LogP contribution is 2.27. The van der Waals surface area contributed by atoms with Crippen molar-refractivity contribution in [1.29, 1.82) is 0 Å². The van der Waals surface area contributed by atoms with Crippen molar-refractivity contribution in [1.82, 2.24) is 0 Å². The predicted molar refractivity (Wildman–Crippen MR) is 69.9 cm³/mol. The summed E-state index contributed by atoms with van der Waals surface area (Å²) in [5.74, 6) is 0.629. The third-order valence-electron chi connectivity index (χ3n) is 2.98. The van der Waals surface area contributed by atoms with E-state index in [9.17, 15) is 10.2 Å². The number of phenolic OH excluding ortho intramolecular Hbond substituents is 1. The Bertz CT molecular complexity index is 534. The van der Waals surface area contributed by atoms with E-state index < -0.39 is 0 Å². The molecule has 0 aromatic heterocycles. The fourth-order valence-corrected chi connectivity index (χ4v) is 1.88. The van der Waals surface area contributed by atoms with Crippen LogP contribution in [0.3, 0.4) is 0 Å². The van der Waals surface area contributed by atoms with Crippen LogP contribution in [0.25, 0.3) is 5.57 Å². The maximum Gasteiger partial charge on any atom is 0.118 e. The molecule has 0 bridgehead atoms. The highest BCUT2D eigenvalue weighted by molar-refractivity contribution is 5.71. The maximum absolute atomic E-state index is 9.63. The summed E-state index contributed by atoms with van der Waals surface area (Å²) in [4.78, 5) is 0. The molecule has 0 heterocycles. The molecule has 0 amide bonds. The van der Waals surface area contributed by atoms with Crippen molar-refractivity contribution in [3.8, 4) is 5.75 Å². The molecule has 0 atom stereocenters. The van der Waals surface area contributed by atoms with Gasteiger partial charge in [-0.15, -0.1) is 0 Å². The van der Waals surface area contributed by atoms with E-state index in [2.05, 4.69) is 0 Å². The van der Waals surface area contributed by atoms with Crippen molar-refractivity contribution < 1.29 is 10.2 Å². The van der Waals surface area contributed by atoms with Crippen molar-refractivity contribution in [3.05, 3.63) is 58.9 Å². The number of rotatable bonds is 1. The Balaban J connectivity index is 2.44. The largest absolute Gasteiger partial charge is 0.508 e. The van der Waals surface area contributed by atoms with Gasteiger partial charge >= 0.3 is 0 Å². The molecule has 0 radical (unpaired) electrons. The Morgan fingerprint density at radius 2 is 1.88 bits per heavy atom. The molecule has 88 valence electrons. The van der Waals surface area contributed by atoms with E-state index in [1.165, 1.54) is 0 Å². The molecular formula is C15H16O2. The van der Waals surface area contributed by atoms with Gasteiger partial charge in [0.2, 0.25) is 0 Å². The summed E-state index contributed by atoms with van der Waals surface area (Å²) in [6.07, 6.45) is 6.44. The van der Waals surface area contributed by atoms with Gasteiger partial charge in [0.25, 0.3) is 0 Å². The molecule has 0 fully saturated rings. The molecule has 1 aliphatic rings. The molecule has 1 aromatic carbocycles. The third-order valence-corrected chi connectivity index (χ3v) is 2.98. The van der Waals surface area contributed by atoms with E-state index in [-0.39, 0.29) is 0 Å². The zero-order chi connectivity index (χ0) is 12.4. The molecule has 2 N–H and O–H groups in total. The van der Waals surface area contributed by atoms with E-state index in [1.54, 1.807) is 12.1 Å². The summed E-state index contributed by atoms with van der Waals surface area (Å²) >= 11 is 0. The predicted octanol–water partition coefficient (Wildman–Crippen LogP) is 3.88. The Morgan fingerprint density at radius 3 is 2.59 bits per heavy atom. The summed E-state index contributed by atoms with van der Waals surface area (Å²) in [7, 11) is 0. The van der Waals surface area contributed by atoms with Crippen molar-refractivity contribution in [2.45, 2.75) is 20.3 Å². The summed E-state index contributed by atoms with van der Waals surface area (Å²) in [5.41, 5.74) is 3.95. The lowest BCUT2D eigenvalue weighted by molar-refractivity contribution is 0.427. The Kier molecular flexibility index (Phi) is 3.05. The lowest BCUT2D eigenvalue weighted by Crippen LogP contribution is -1.86. The van der Waals surface area contributed by atoms with E-state index in [4.69, 9.17) is 0 Å². The van der Waals surface area contributed by atoms with Crippen molar-refractivity contribution >= 4 is 5.57 Å². The van der Waals surface area contributed by atoms with E-state index in [1.807, 2.05) is 38.1 Å². The van der Waals surface area contributed by atoms with E-state index in [0.717, 1.165) is 28.7 Å². The fourth-order valence-electron chi connectivity index (χ4n) is 1.88.